The Labute approximate surface area is 115 Å². The van der Waals surface area contributed by atoms with Crippen LogP contribution < -0.4 is 0 Å². The molecule has 1 rings (SSSR count). The molecule has 0 amide bonds. The molecule has 1 aromatic rings. The minimum Gasteiger partial charge on any atom is -0.481 e. The van der Waals surface area contributed by atoms with E-state index in [-0.39, 0.29) is 23.6 Å². The number of hydrogen-bond donors (Lipinski definition) is 1. The number of hydrogen-bond acceptors (Lipinski definition) is 3. The molecule has 0 saturated heterocycles. The molecule has 0 spiro atoms. The number of rotatable bonds is 6. The normalized spacial score (nSPS) is 11.8. The maximum absolute atomic E-state index is 13.4. The van der Waals surface area contributed by atoms with Gasteiger partial charge in [-0.05, 0) is 18.2 Å². The summed E-state index contributed by atoms with van der Waals surface area (Å²) in [4.78, 5) is 10.4. The molecule has 0 aromatic heterocycles. The highest BCUT2D eigenvalue weighted by molar-refractivity contribution is 7.88. The van der Waals surface area contributed by atoms with Crippen molar-refractivity contribution in [1.82, 2.24) is 4.31 Å². The zero-order valence-corrected chi connectivity index (χ0v) is 11.7. The molecule has 0 saturated carbocycles. The fraction of sp³-hybridized carbons (Fsp3) is 0.364. The second kappa shape index (κ2) is 6.31. The van der Waals surface area contributed by atoms with Gasteiger partial charge in [0.25, 0.3) is 0 Å². The van der Waals surface area contributed by atoms with Crippen LogP contribution in [0.25, 0.3) is 0 Å². The fourth-order valence-electron chi connectivity index (χ4n) is 1.35. The van der Waals surface area contributed by atoms with Crippen molar-refractivity contribution in [2.45, 2.75) is 12.2 Å². The average molecular weight is 310 g/mol. The predicted octanol–water partition coefficient (Wildman–Crippen LogP) is 1.72. The molecule has 0 aliphatic rings. The Balaban J connectivity index is 2.84. The molecule has 1 aromatic carbocycles. The van der Waals surface area contributed by atoms with Crippen LogP contribution in [0, 0.1) is 5.82 Å². The first-order chi connectivity index (χ1) is 8.72. The van der Waals surface area contributed by atoms with Crippen molar-refractivity contribution < 1.29 is 22.7 Å². The number of aliphatic carboxylic acids is 1. The van der Waals surface area contributed by atoms with Crippen LogP contribution >= 0.6 is 11.6 Å². The van der Waals surface area contributed by atoms with Crippen molar-refractivity contribution in [2.75, 3.05) is 13.6 Å². The lowest BCUT2D eigenvalue weighted by molar-refractivity contribution is -0.137. The van der Waals surface area contributed by atoms with Crippen LogP contribution in [0.4, 0.5) is 4.39 Å². The van der Waals surface area contributed by atoms with E-state index < -0.39 is 27.6 Å². The fourth-order valence-corrected chi connectivity index (χ4v) is 2.75. The minimum absolute atomic E-state index is 0.0466. The van der Waals surface area contributed by atoms with Crippen LogP contribution in [0.15, 0.2) is 18.2 Å². The van der Waals surface area contributed by atoms with Gasteiger partial charge in [-0.15, -0.1) is 0 Å². The van der Waals surface area contributed by atoms with E-state index in [0.29, 0.717) is 0 Å². The molecule has 106 valence electrons. The van der Waals surface area contributed by atoms with Gasteiger partial charge >= 0.3 is 5.97 Å². The van der Waals surface area contributed by atoms with Crippen LogP contribution in [-0.4, -0.2) is 37.4 Å². The Kier molecular flexibility index (Phi) is 5.28. The number of carbonyl (C=O) groups is 1. The Bertz CT molecular complexity index is 576. The molecule has 8 heteroatoms. The van der Waals surface area contributed by atoms with E-state index in [0.717, 1.165) is 10.4 Å². The van der Waals surface area contributed by atoms with Gasteiger partial charge in [0.1, 0.15) is 5.82 Å². The maximum atomic E-state index is 13.4. The maximum Gasteiger partial charge on any atom is 0.304 e. The van der Waals surface area contributed by atoms with E-state index in [1.54, 1.807) is 0 Å². The summed E-state index contributed by atoms with van der Waals surface area (Å²) < 4.78 is 38.1. The molecular weight excluding hydrogens is 297 g/mol. The molecule has 0 aliphatic carbocycles. The molecule has 1 N–H and O–H groups in total. The molecule has 0 radical (unpaired) electrons. The number of halogens is 2. The smallest absolute Gasteiger partial charge is 0.304 e. The first-order valence-corrected chi connectivity index (χ1v) is 7.31. The summed E-state index contributed by atoms with van der Waals surface area (Å²) in [5.41, 5.74) is -0.0466. The third-order valence-corrected chi connectivity index (χ3v) is 4.50. The standard InChI is InChI=1S/C11H13ClFNO4S/c1-14(5-4-11(15)16)19(17,18)7-8-6-9(12)2-3-10(8)13/h2-3,6H,4-5,7H2,1H3,(H,15,16). The van der Waals surface area contributed by atoms with Gasteiger partial charge in [-0.3, -0.25) is 4.79 Å². The number of sulfonamides is 1. The first kappa shape index (κ1) is 15.9. The van der Waals surface area contributed by atoms with Crippen LogP contribution in [0.3, 0.4) is 0 Å². The van der Waals surface area contributed by atoms with Crippen LogP contribution in [0.5, 0.6) is 0 Å². The number of benzene rings is 1. The van der Waals surface area contributed by atoms with E-state index in [2.05, 4.69) is 0 Å². The highest BCUT2D eigenvalue weighted by Gasteiger charge is 2.21. The SMILES string of the molecule is CN(CCC(=O)O)S(=O)(=O)Cc1cc(Cl)ccc1F. The molecule has 0 fully saturated rings. The Morgan fingerprint density at radius 1 is 1.47 bits per heavy atom. The number of carboxylic acids is 1. The molecule has 0 unspecified atom stereocenters. The highest BCUT2D eigenvalue weighted by Crippen LogP contribution is 2.18. The Hall–Kier alpha value is -1.18. The molecular formula is C11H13ClFNO4S. The molecule has 0 atom stereocenters. The topological polar surface area (TPSA) is 74.7 Å². The zero-order valence-electron chi connectivity index (χ0n) is 10.1. The summed E-state index contributed by atoms with van der Waals surface area (Å²) in [6.45, 7) is -0.167. The van der Waals surface area contributed by atoms with E-state index in [1.807, 2.05) is 0 Å². The van der Waals surface area contributed by atoms with Crippen LogP contribution in [-0.2, 0) is 20.6 Å². The average Bonchev–Trinajstić information content (AvgIpc) is 2.30. The minimum atomic E-state index is -3.78. The van der Waals surface area contributed by atoms with E-state index in [9.17, 15) is 17.6 Å². The molecule has 19 heavy (non-hydrogen) atoms. The van der Waals surface area contributed by atoms with Gasteiger partial charge in [0.2, 0.25) is 10.0 Å². The lowest BCUT2D eigenvalue weighted by Crippen LogP contribution is -2.30. The molecule has 0 heterocycles. The van der Waals surface area contributed by atoms with Gasteiger partial charge in [0.05, 0.1) is 12.2 Å². The quantitative estimate of drug-likeness (QED) is 0.868. The lowest BCUT2D eigenvalue weighted by atomic mass is 10.2. The van der Waals surface area contributed by atoms with E-state index in [1.165, 1.54) is 19.2 Å². The molecule has 0 bridgehead atoms. The summed E-state index contributed by atoms with van der Waals surface area (Å²) >= 11 is 5.68. The molecule has 0 aliphatic heterocycles. The van der Waals surface area contributed by atoms with Gasteiger partial charge in [0.15, 0.2) is 0 Å². The highest BCUT2D eigenvalue weighted by atomic mass is 35.5. The monoisotopic (exact) mass is 309 g/mol. The lowest BCUT2D eigenvalue weighted by Gasteiger charge is -2.16. The van der Waals surface area contributed by atoms with Crippen molar-refractivity contribution in [3.05, 3.63) is 34.6 Å². The third-order valence-electron chi connectivity index (χ3n) is 2.46. The number of nitrogens with zero attached hydrogens (tertiary/aromatic N) is 1. The zero-order chi connectivity index (χ0) is 14.6. The second-order valence-electron chi connectivity index (χ2n) is 3.96. The third kappa shape index (κ3) is 4.77. The van der Waals surface area contributed by atoms with Crippen LogP contribution in [0.1, 0.15) is 12.0 Å². The summed E-state index contributed by atoms with van der Waals surface area (Å²) in [5, 5.41) is 8.74. The van der Waals surface area contributed by atoms with Crippen molar-refractivity contribution in [3.8, 4) is 0 Å². The summed E-state index contributed by atoms with van der Waals surface area (Å²) in [5.74, 6) is -2.33. The van der Waals surface area contributed by atoms with E-state index >= 15 is 0 Å². The second-order valence-corrected chi connectivity index (χ2v) is 6.47. The van der Waals surface area contributed by atoms with Crippen molar-refractivity contribution in [1.29, 1.82) is 0 Å². The van der Waals surface area contributed by atoms with Gasteiger partial charge in [-0.1, -0.05) is 11.6 Å². The van der Waals surface area contributed by atoms with Crippen LogP contribution in [0.2, 0.25) is 5.02 Å². The van der Waals surface area contributed by atoms with Crippen molar-refractivity contribution >= 4 is 27.6 Å². The first-order valence-electron chi connectivity index (χ1n) is 5.32. The van der Waals surface area contributed by atoms with Gasteiger partial charge in [0, 0.05) is 24.2 Å². The summed E-state index contributed by atoms with van der Waals surface area (Å²) in [7, 11) is -2.53. The summed E-state index contributed by atoms with van der Waals surface area (Å²) in [6, 6.07) is 3.64. The van der Waals surface area contributed by atoms with Gasteiger partial charge in [-0.2, -0.15) is 0 Å². The summed E-state index contributed by atoms with van der Waals surface area (Å²) in [6.07, 6.45) is -0.312. The predicted molar refractivity (Wildman–Crippen MR) is 68.9 cm³/mol. The van der Waals surface area contributed by atoms with Gasteiger partial charge < -0.3 is 5.11 Å². The Morgan fingerprint density at radius 2 is 2.11 bits per heavy atom. The van der Waals surface area contributed by atoms with Crippen molar-refractivity contribution in [3.63, 3.8) is 0 Å². The van der Waals surface area contributed by atoms with Crippen molar-refractivity contribution in [2.24, 2.45) is 0 Å². The largest absolute Gasteiger partial charge is 0.481 e. The molecule has 5 nitrogen and oxygen atoms in total. The van der Waals surface area contributed by atoms with Gasteiger partial charge in [-0.25, -0.2) is 17.1 Å². The Morgan fingerprint density at radius 3 is 2.68 bits per heavy atom. The van der Waals surface area contributed by atoms with E-state index in [4.69, 9.17) is 16.7 Å². The number of carboxylic acid groups (broad SMARTS) is 1.